The molecule has 1 aliphatic rings. The van der Waals surface area contributed by atoms with Gasteiger partial charge in [0.05, 0.1) is 0 Å². The molecule has 7 aromatic rings. The number of hydrogen-bond donors (Lipinski definition) is 1. The van der Waals surface area contributed by atoms with E-state index < -0.39 is 0 Å². The van der Waals surface area contributed by atoms with E-state index in [4.69, 9.17) is 0 Å². The SMILES string of the molecule is O=C1CCc2c(O)c3ccccc3c3cc(-c4cc(-c5ccccc5)cc(-c5ccccc5)c4)cc(c23)-c2ccccc21. The first-order valence-electron chi connectivity index (χ1n) is 14.7. The minimum Gasteiger partial charge on any atom is -0.507 e. The third-order valence-corrected chi connectivity index (χ3v) is 8.80. The zero-order valence-corrected chi connectivity index (χ0v) is 23.5. The van der Waals surface area contributed by atoms with Crippen molar-refractivity contribution in [3.05, 3.63) is 151 Å². The number of phenols is 1. The van der Waals surface area contributed by atoms with E-state index in [-0.39, 0.29) is 11.5 Å². The van der Waals surface area contributed by atoms with E-state index in [1.807, 2.05) is 54.6 Å². The van der Waals surface area contributed by atoms with E-state index in [0.29, 0.717) is 12.8 Å². The van der Waals surface area contributed by atoms with Gasteiger partial charge in [-0.2, -0.15) is 0 Å². The Kier molecular flexibility index (Phi) is 5.94. The van der Waals surface area contributed by atoms with E-state index in [1.54, 1.807) is 0 Å². The van der Waals surface area contributed by atoms with Crippen LogP contribution in [0.4, 0.5) is 0 Å². The van der Waals surface area contributed by atoms with Crippen molar-refractivity contribution < 1.29 is 9.90 Å². The molecule has 0 amide bonds. The third kappa shape index (κ3) is 4.23. The summed E-state index contributed by atoms with van der Waals surface area (Å²) in [6, 6.07) is 48.2. The molecule has 0 fully saturated rings. The molecule has 8 rings (SSSR count). The van der Waals surface area contributed by atoms with Gasteiger partial charge < -0.3 is 5.11 Å². The minimum absolute atomic E-state index is 0.102. The number of aryl methyl sites for hydroxylation is 1. The van der Waals surface area contributed by atoms with Gasteiger partial charge in [0.25, 0.3) is 0 Å². The predicted octanol–water partition coefficient (Wildman–Crippen LogP) is 10.5. The first kappa shape index (κ1) is 25.3. The molecule has 0 radical (unpaired) electrons. The number of benzene rings is 7. The van der Waals surface area contributed by atoms with Gasteiger partial charge in [0.1, 0.15) is 5.75 Å². The van der Waals surface area contributed by atoms with Crippen molar-refractivity contribution >= 4 is 27.3 Å². The van der Waals surface area contributed by atoms with Crippen LogP contribution in [0.15, 0.2) is 140 Å². The molecule has 0 saturated heterocycles. The van der Waals surface area contributed by atoms with E-state index in [2.05, 4.69) is 84.9 Å². The highest BCUT2D eigenvalue weighted by Gasteiger charge is 2.24. The summed E-state index contributed by atoms with van der Waals surface area (Å²) >= 11 is 0. The highest BCUT2D eigenvalue weighted by atomic mass is 16.3. The first-order valence-corrected chi connectivity index (χ1v) is 14.7. The molecule has 7 aromatic carbocycles. The quantitative estimate of drug-likeness (QED) is 0.221. The number of rotatable bonds is 3. The fourth-order valence-corrected chi connectivity index (χ4v) is 6.73. The maximum absolute atomic E-state index is 13.4. The number of carbonyl (C=O) groups excluding carboxylic acids is 1. The van der Waals surface area contributed by atoms with Gasteiger partial charge in [-0.1, -0.05) is 109 Å². The Balaban J connectivity index is 1.49. The lowest BCUT2D eigenvalue weighted by Gasteiger charge is -2.22. The van der Waals surface area contributed by atoms with E-state index >= 15 is 0 Å². The van der Waals surface area contributed by atoms with Crippen molar-refractivity contribution in [1.29, 1.82) is 0 Å². The van der Waals surface area contributed by atoms with Crippen LogP contribution in [0.2, 0.25) is 0 Å². The van der Waals surface area contributed by atoms with Gasteiger partial charge in [0.15, 0.2) is 5.78 Å². The monoisotopic (exact) mass is 552 g/mol. The zero-order chi connectivity index (χ0) is 28.9. The smallest absolute Gasteiger partial charge is 0.163 e. The molecule has 0 saturated carbocycles. The van der Waals surface area contributed by atoms with E-state index in [9.17, 15) is 9.90 Å². The van der Waals surface area contributed by atoms with Crippen LogP contribution in [0.1, 0.15) is 22.3 Å². The van der Waals surface area contributed by atoms with Gasteiger partial charge >= 0.3 is 0 Å². The van der Waals surface area contributed by atoms with Crippen molar-refractivity contribution in [2.24, 2.45) is 0 Å². The molecule has 0 spiro atoms. The Labute approximate surface area is 250 Å². The molecule has 0 atom stereocenters. The fraction of sp³-hybridized carbons (Fsp3) is 0.0488. The second kappa shape index (κ2) is 10.1. The van der Waals surface area contributed by atoms with Crippen LogP contribution >= 0.6 is 0 Å². The molecule has 0 aliphatic heterocycles. The largest absolute Gasteiger partial charge is 0.507 e. The second-order valence-electron chi connectivity index (χ2n) is 11.3. The van der Waals surface area contributed by atoms with Gasteiger partial charge in [-0.25, -0.2) is 0 Å². The highest BCUT2D eigenvalue weighted by Crippen LogP contribution is 2.47. The van der Waals surface area contributed by atoms with Gasteiger partial charge in [0, 0.05) is 22.9 Å². The fourth-order valence-electron chi connectivity index (χ4n) is 6.73. The van der Waals surface area contributed by atoms with Gasteiger partial charge in [-0.3, -0.25) is 4.79 Å². The molecular weight excluding hydrogens is 524 g/mol. The number of Topliss-reactive ketones (excluding diaryl/α,β-unsaturated/α-hetero) is 1. The van der Waals surface area contributed by atoms with Crippen molar-refractivity contribution in [3.63, 3.8) is 0 Å². The van der Waals surface area contributed by atoms with Crippen LogP contribution in [-0.4, -0.2) is 10.9 Å². The Morgan fingerprint density at radius 3 is 1.58 bits per heavy atom. The molecule has 43 heavy (non-hydrogen) atoms. The summed E-state index contributed by atoms with van der Waals surface area (Å²) in [6.45, 7) is 0. The Bertz CT molecular complexity index is 2140. The number of phenolic OH excluding ortho intramolecular Hbond substituents is 1. The van der Waals surface area contributed by atoms with Gasteiger partial charge in [-0.15, -0.1) is 0 Å². The summed E-state index contributed by atoms with van der Waals surface area (Å²) in [7, 11) is 0. The topological polar surface area (TPSA) is 37.3 Å². The summed E-state index contributed by atoms with van der Waals surface area (Å²) < 4.78 is 0. The minimum atomic E-state index is 0.102. The van der Waals surface area contributed by atoms with E-state index in [0.717, 1.165) is 77.2 Å². The van der Waals surface area contributed by atoms with Crippen LogP contribution in [0.3, 0.4) is 0 Å². The van der Waals surface area contributed by atoms with Crippen molar-refractivity contribution in [1.82, 2.24) is 0 Å². The summed E-state index contributed by atoms with van der Waals surface area (Å²) in [4.78, 5) is 13.4. The molecule has 1 aliphatic carbocycles. The summed E-state index contributed by atoms with van der Waals surface area (Å²) in [6.07, 6.45) is 0.854. The van der Waals surface area contributed by atoms with Crippen LogP contribution in [0.25, 0.3) is 66.1 Å². The molecule has 1 N–H and O–H groups in total. The molecule has 0 heterocycles. The number of fused-ring (bicyclic) bond motifs is 4. The van der Waals surface area contributed by atoms with Crippen LogP contribution in [0, 0.1) is 0 Å². The summed E-state index contributed by atoms with van der Waals surface area (Å²) in [5.41, 5.74) is 10.3. The zero-order valence-electron chi connectivity index (χ0n) is 23.5. The molecule has 0 bridgehead atoms. The average Bonchev–Trinajstić information content (AvgIpc) is 3.07. The number of aromatic hydroxyl groups is 1. The van der Waals surface area contributed by atoms with Crippen molar-refractivity contribution in [3.8, 4) is 50.3 Å². The highest BCUT2D eigenvalue weighted by molar-refractivity contribution is 6.19. The van der Waals surface area contributed by atoms with Gasteiger partial charge in [0.2, 0.25) is 0 Å². The van der Waals surface area contributed by atoms with E-state index in [1.165, 1.54) is 0 Å². The average molecular weight is 553 g/mol. The first-order chi connectivity index (χ1) is 21.2. The maximum Gasteiger partial charge on any atom is 0.163 e. The van der Waals surface area contributed by atoms with Crippen molar-refractivity contribution in [2.45, 2.75) is 12.8 Å². The molecule has 0 aromatic heterocycles. The lowest BCUT2D eigenvalue weighted by molar-refractivity contribution is 0.0983. The molecule has 2 nitrogen and oxygen atoms in total. The summed E-state index contributed by atoms with van der Waals surface area (Å²) in [5.74, 6) is 0.381. The van der Waals surface area contributed by atoms with Crippen molar-refractivity contribution in [2.75, 3.05) is 0 Å². The number of hydrogen-bond acceptors (Lipinski definition) is 2. The number of carbonyl (C=O) groups is 1. The Morgan fingerprint density at radius 1 is 0.419 bits per heavy atom. The standard InChI is InChI=1S/C41H28O2/c42-39-20-19-36-40-37(32-15-7-9-17-34(32)39)24-31(25-38(40)33-16-8-10-18-35(33)41(36)43)30-22-28(26-11-3-1-4-12-26)21-29(23-30)27-13-5-2-6-14-27/h1-18,21-25,43H,19-20H2. The number of ketones is 1. The maximum atomic E-state index is 13.4. The molecule has 0 unspecified atom stereocenters. The van der Waals surface area contributed by atoms with Crippen LogP contribution in [-0.2, 0) is 6.42 Å². The molecule has 2 heteroatoms. The lowest BCUT2D eigenvalue weighted by atomic mass is 9.81. The summed E-state index contributed by atoms with van der Waals surface area (Å²) in [5, 5.41) is 15.5. The third-order valence-electron chi connectivity index (χ3n) is 8.80. The lowest BCUT2D eigenvalue weighted by Crippen LogP contribution is -2.08. The van der Waals surface area contributed by atoms with Crippen LogP contribution < -0.4 is 0 Å². The Morgan fingerprint density at radius 2 is 0.930 bits per heavy atom. The predicted molar refractivity (Wildman–Crippen MR) is 178 cm³/mol. The second-order valence-corrected chi connectivity index (χ2v) is 11.3. The van der Waals surface area contributed by atoms with Gasteiger partial charge in [-0.05, 0) is 97.4 Å². The normalized spacial score (nSPS) is 12.6. The molecule has 204 valence electrons. The van der Waals surface area contributed by atoms with Crippen LogP contribution in [0.5, 0.6) is 5.75 Å². The Hall–Kier alpha value is -5.47. The molecular formula is C41H28O2.